The first-order valence-corrected chi connectivity index (χ1v) is 6.97. The molecule has 106 valence electrons. The standard InChI is InChI=1S/C17H22N2O/c1-12(2)20-15-9-6-8-14(11-15)17(18-4)16-10-5-7-13(3)19-16/h5-12,17-18H,1-4H3. The Morgan fingerprint density at radius 3 is 2.50 bits per heavy atom. The fraction of sp³-hybridized carbons (Fsp3) is 0.353. The Kier molecular flexibility index (Phi) is 4.74. The molecule has 1 atom stereocenters. The van der Waals surface area contributed by atoms with Crippen LogP contribution in [0.25, 0.3) is 0 Å². The SMILES string of the molecule is CNC(c1cccc(OC(C)C)c1)c1cccc(C)n1. The minimum absolute atomic E-state index is 0.0746. The maximum absolute atomic E-state index is 5.76. The molecule has 1 heterocycles. The molecule has 0 radical (unpaired) electrons. The van der Waals surface area contributed by atoms with E-state index in [9.17, 15) is 0 Å². The number of ether oxygens (including phenoxy) is 1. The summed E-state index contributed by atoms with van der Waals surface area (Å²) in [7, 11) is 1.95. The van der Waals surface area contributed by atoms with Crippen molar-refractivity contribution in [3.63, 3.8) is 0 Å². The highest BCUT2D eigenvalue weighted by Gasteiger charge is 2.14. The molecule has 3 nitrogen and oxygen atoms in total. The molecule has 0 spiro atoms. The average molecular weight is 270 g/mol. The van der Waals surface area contributed by atoms with Crippen molar-refractivity contribution in [2.75, 3.05) is 7.05 Å². The lowest BCUT2D eigenvalue weighted by Crippen LogP contribution is -2.19. The van der Waals surface area contributed by atoms with E-state index in [2.05, 4.69) is 22.4 Å². The second-order valence-electron chi connectivity index (χ2n) is 5.16. The van der Waals surface area contributed by atoms with E-state index in [0.717, 1.165) is 22.7 Å². The van der Waals surface area contributed by atoms with Gasteiger partial charge in [0.15, 0.2) is 0 Å². The number of aryl methyl sites for hydroxylation is 1. The quantitative estimate of drug-likeness (QED) is 0.903. The summed E-state index contributed by atoms with van der Waals surface area (Å²) in [6.07, 6.45) is 0.176. The van der Waals surface area contributed by atoms with Crippen LogP contribution in [0, 0.1) is 6.92 Å². The van der Waals surface area contributed by atoms with Gasteiger partial charge < -0.3 is 10.1 Å². The molecule has 0 bridgehead atoms. The molecule has 20 heavy (non-hydrogen) atoms. The van der Waals surface area contributed by atoms with Crippen molar-refractivity contribution in [2.45, 2.75) is 32.9 Å². The molecule has 0 aliphatic rings. The van der Waals surface area contributed by atoms with Crippen molar-refractivity contribution in [2.24, 2.45) is 0 Å². The molecule has 1 unspecified atom stereocenters. The molecule has 0 amide bonds. The first-order valence-electron chi connectivity index (χ1n) is 6.97. The topological polar surface area (TPSA) is 34.1 Å². The smallest absolute Gasteiger partial charge is 0.120 e. The van der Waals surface area contributed by atoms with Gasteiger partial charge in [-0.3, -0.25) is 4.98 Å². The summed E-state index contributed by atoms with van der Waals surface area (Å²) in [4.78, 5) is 4.61. The number of benzene rings is 1. The summed E-state index contributed by atoms with van der Waals surface area (Å²) in [6.45, 7) is 6.07. The van der Waals surface area contributed by atoms with E-state index in [1.165, 1.54) is 0 Å². The maximum Gasteiger partial charge on any atom is 0.120 e. The van der Waals surface area contributed by atoms with Gasteiger partial charge in [0.1, 0.15) is 5.75 Å². The van der Waals surface area contributed by atoms with E-state index in [-0.39, 0.29) is 12.1 Å². The Morgan fingerprint density at radius 2 is 1.85 bits per heavy atom. The number of nitrogens with one attached hydrogen (secondary N) is 1. The van der Waals surface area contributed by atoms with Gasteiger partial charge >= 0.3 is 0 Å². The van der Waals surface area contributed by atoms with Crippen LogP contribution < -0.4 is 10.1 Å². The van der Waals surface area contributed by atoms with E-state index in [4.69, 9.17) is 4.74 Å². The van der Waals surface area contributed by atoms with E-state index >= 15 is 0 Å². The van der Waals surface area contributed by atoms with Crippen molar-refractivity contribution in [3.05, 3.63) is 59.4 Å². The van der Waals surface area contributed by atoms with Gasteiger partial charge in [-0.25, -0.2) is 0 Å². The Morgan fingerprint density at radius 1 is 1.10 bits per heavy atom. The van der Waals surface area contributed by atoms with Crippen molar-refractivity contribution < 1.29 is 4.74 Å². The van der Waals surface area contributed by atoms with Gasteiger partial charge in [-0.2, -0.15) is 0 Å². The molecule has 1 N–H and O–H groups in total. The summed E-state index contributed by atoms with van der Waals surface area (Å²) in [5.74, 6) is 0.894. The second kappa shape index (κ2) is 6.53. The third-order valence-corrected chi connectivity index (χ3v) is 3.06. The van der Waals surface area contributed by atoms with Crippen LogP contribution in [0.1, 0.15) is 36.8 Å². The highest BCUT2D eigenvalue weighted by molar-refractivity contribution is 5.35. The first-order chi connectivity index (χ1) is 9.60. The maximum atomic E-state index is 5.76. The van der Waals surface area contributed by atoms with Crippen LogP contribution in [0.15, 0.2) is 42.5 Å². The van der Waals surface area contributed by atoms with Crippen LogP contribution in [0.5, 0.6) is 5.75 Å². The van der Waals surface area contributed by atoms with Gasteiger partial charge in [0, 0.05) is 5.69 Å². The lowest BCUT2D eigenvalue weighted by Gasteiger charge is -2.18. The average Bonchev–Trinajstić information content (AvgIpc) is 2.39. The number of hydrogen-bond donors (Lipinski definition) is 1. The van der Waals surface area contributed by atoms with Crippen molar-refractivity contribution in [1.29, 1.82) is 0 Å². The molecular formula is C17H22N2O. The van der Waals surface area contributed by atoms with Crippen LogP contribution in [-0.4, -0.2) is 18.1 Å². The second-order valence-corrected chi connectivity index (χ2v) is 5.16. The lowest BCUT2D eigenvalue weighted by atomic mass is 10.0. The van der Waals surface area contributed by atoms with Gasteiger partial charge in [-0.15, -0.1) is 0 Å². The van der Waals surface area contributed by atoms with Crippen molar-refractivity contribution >= 4 is 0 Å². The van der Waals surface area contributed by atoms with Crippen LogP contribution in [0.2, 0.25) is 0 Å². The van der Waals surface area contributed by atoms with Gasteiger partial charge in [0.2, 0.25) is 0 Å². The molecule has 0 saturated heterocycles. The zero-order valence-corrected chi connectivity index (χ0v) is 12.6. The number of aromatic nitrogens is 1. The van der Waals surface area contributed by atoms with Gasteiger partial charge in [-0.05, 0) is 57.6 Å². The normalized spacial score (nSPS) is 12.4. The Balaban J connectivity index is 2.32. The van der Waals surface area contributed by atoms with Crippen molar-refractivity contribution in [3.8, 4) is 5.75 Å². The van der Waals surface area contributed by atoms with E-state index in [1.54, 1.807) is 0 Å². The number of rotatable bonds is 5. The van der Waals surface area contributed by atoms with Gasteiger partial charge in [0.25, 0.3) is 0 Å². The summed E-state index contributed by atoms with van der Waals surface area (Å²) in [5, 5.41) is 3.32. The molecule has 0 aliphatic heterocycles. The Labute approximate surface area is 121 Å². The Hall–Kier alpha value is -1.87. The van der Waals surface area contributed by atoms with Crippen LogP contribution in [0.3, 0.4) is 0 Å². The molecule has 2 aromatic rings. The zero-order valence-electron chi connectivity index (χ0n) is 12.6. The van der Waals surface area contributed by atoms with E-state index in [1.807, 2.05) is 58.2 Å². The summed E-state index contributed by atoms with van der Waals surface area (Å²) in [5.41, 5.74) is 3.20. The highest BCUT2D eigenvalue weighted by atomic mass is 16.5. The lowest BCUT2D eigenvalue weighted by molar-refractivity contribution is 0.242. The number of hydrogen-bond acceptors (Lipinski definition) is 3. The summed E-state index contributed by atoms with van der Waals surface area (Å²) in [6, 6.07) is 14.3. The minimum atomic E-state index is 0.0746. The first kappa shape index (κ1) is 14.5. The monoisotopic (exact) mass is 270 g/mol. The predicted molar refractivity (Wildman–Crippen MR) is 82.1 cm³/mol. The van der Waals surface area contributed by atoms with Crippen LogP contribution in [0.4, 0.5) is 0 Å². The largest absolute Gasteiger partial charge is 0.491 e. The molecule has 1 aromatic heterocycles. The third-order valence-electron chi connectivity index (χ3n) is 3.06. The number of pyridine rings is 1. The molecule has 1 aromatic carbocycles. The molecular weight excluding hydrogens is 248 g/mol. The van der Waals surface area contributed by atoms with E-state index in [0.29, 0.717) is 0 Å². The molecule has 0 aliphatic carbocycles. The van der Waals surface area contributed by atoms with Crippen molar-refractivity contribution in [1.82, 2.24) is 10.3 Å². The summed E-state index contributed by atoms with van der Waals surface area (Å²) >= 11 is 0. The van der Waals surface area contributed by atoms with Gasteiger partial charge in [-0.1, -0.05) is 18.2 Å². The molecule has 2 rings (SSSR count). The summed E-state index contributed by atoms with van der Waals surface area (Å²) < 4.78 is 5.76. The third kappa shape index (κ3) is 3.58. The van der Waals surface area contributed by atoms with Crippen LogP contribution in [-0.2, 0) is 0 Å². The fourth-order valence-corrected chi connectivity index (χ4v) is 2.25. The predicted octanol–water partition coefficient (Wildman–Crippen LogP) is 3.49. The minimum Gasteiger partial charge on any atom is -0.491 e. The Bertz CT molecular complexity index is 566. The van der Waals surface area contributed by atoms with E-state index < -0.39 is 0 Å². The highest BCUT2D eigenvalue weighted by Crippen LogP contribution is 2.24. The zero-order chi connectivity index (χ0) is 14.5. The number of nitrogens with zero attached hydrogens (tertiary/aromatic N) is 1. The van der Waals surface area contributed by atoms with Gasteiger partial charge in [0.05, 0.1) is 17.8 Å². The fourth-order valence-electron chi connectivity index (χ4n) is 2.25. The molecule has 0 saturated carbocycles. The molecule has 3 heteroatoms. The molecule has 0 fully saturated rings. The van der Waals surface area contributed by atoms with Crippen LogP contribution >= 0.6 is 0 Å².